The molecular formula is C40H30N4O13S. The topological polar surface area (TPSA) is 221 Å². The third-order valence-electron chi connectivity index (χ3n) is 9.26. The maximum absolute atomic E-state index is 13.4. The average Bonchev–Trinajstić information content (AvgIpc) is 3.67. The average molecular weight is 807 g/mol. The van der Waals surface area contributed by atoms with Crippen molar-refractivity contribution in [1.82, 2.24) is 15.4 Å². The number of nitrogens with one attached hydrogen (secondary N) is 2. The summed E-state index contributed by atoms with van der Waals surface area (Å²) in [6, 6.07) is 21.5. The quantitative estimate of drug-likeness (QED) is 0.0482. The second kappa shape index (κ2) is 15.3. The van der Waals surface area contributed by atoms with Crippen molar-refractivity contribution in [3.8, 4) is 28.7 Å². The fraction of sp³-hybridized carbons (Fsp3) is 0.175. The molecule has 4 heterocycles. The smallest absolute Gasteiger partial charge is 0.508 e. The summed E-state index contributed by atoms with van der Waals surface area (Å²) < 4.78 is 27.9. The van der Waals surface area contributed by atoms with Crippen LogP contribution in [-0.4, -0.2) is 81.6 Å². The predicted octanol–water partition coefficient (Wildman–Crippen LogP) is 4.95. The van der Waals surface area contributed by atoms with Crippen molar-refractivity contribution >= 4 is 63.8 Å². The van der Waals surface area contributed by atoms with Gasteiger partial charge in [-0.2, -0.15) is 0 Å². The Labute approximate surface area is 332 Å². The van der Waals surface area contributed by atoms with Crippen LogP contribution in [0.1, 0.15) is 50.4 Å². The molecule has 3 aliphatic heterocycles. The molecule has 3 aliphatic rings. The molecule has 1 spiro atoms. The van der Waals surface area contributed by atoms with Gasteiger partial charge in [0.2, 0.25) is 0 Å². The highest BCUT2D eigenvalue weighted by molar-refractivity contribution is 7.80. The number of ether oxygens (including phenoxy) is 5. The second-order valence-corrected chi connectivity index (χ2v) is 13.4. The number of hydroxylamine groups is 2. The number of carbonyl (C=O) groups excluding carboxylic acids is 5. The summed E-state index contributed by atoms with van der Waals surface area (Å²) >= 11 is 5.43. The van der Waals surface area contributed by atoms with Crippen LogP contribution in [0.25, 0.3) is 10.9 Å². The van der Waals surface area contributed by atoms with Gasteiger partial charge in [-0.05, 0) is 72.9 Å². The number of phenols is 2. The van der Waals surface area contributed by atoms with E-state index in [4.69, 9.17) is 40.7 Å². The first-order valence-electron chi connectivity index (χ1n) is 17.7. The Balaban J connectivity index is 0.784. The monoisotopic (exact) mass is 806 g/mol. The Kier molecular flexibility index (Phi) is 9.93. The van der Waals surface area contributed by atoms with Crippen LogP contribution in [0.3, 0.4) is 0 Å². The van der Waals surface area contributed by atoms with Crippen LogP contribution in [0, 0.1) is 0 Å². The minimum atomic E-state index is -1.38. The van der Waals surface area contributed by atoms with Crippen LogP contribution in [0.2, 0.25) is 0 Å². The Hall–Kier alpha value is -7.31. The molecule has 58 heavy (non-hydrogen) atoms. The van der Waals surface area contributed by atoms with Gasteiger partial charge in [0.15, 0.2) is 16.4 Å². The molecule has 5 aromatic rings. The zero-order chi connectivity index (χ0) is 40.6. The highest BCUT2D eigenvalue weighted by Gasteiger charge is 2.53. The second-order valence-electron chi connectivity index (χ2n) is 13.0. The molecule has 2 amide bonds. The number of anilines is 1. The van der Waals surface area contributed by atoms with Gasteiger partial charge in [-0.15, -0.1) is 5.06 Å². The van der Waals surface area contributed by atoms with E-state index < -0.39 is 35.5 Å². The summed E-state index contributed by atoms with van der Waals surface area (Å²) in [5.74, 6) is -2.12. The molecule has 0 aliphatic carbocycles. The van der Waals surface area contributed by atoms with Crippen LogP contribution in [-0.2, 0) is 34.2 Å². The molecule has 18 heteroatoms. The van der Waals surface area contributed by atoms with E-state index in [0.717, 1.165) is 0 Å². The summed E-state index contributed by atoms with van der Waals surface area (Å²) in [4.78, 5) is 70.6. The number of nitrogens with zero attached hydrogens (tertiary/aromatic N) is 2. The van der Waals surface area contributed by atoms with Crippen LogP contribution in [0.4, 0.5) is 10.5 Å². The lowest BCUT2D eigenvalue weighted by atomic mass is 9.77. The number of phenolic OH excluding ortho intramolecular Hbond substituents is 2. The highest BCUT2D eigenvalue weighted by Crippen LogP contribution is 2.57. The number of hydrogen-bond donors (Lipinski definition) is 4. The van der Waals surface area contributed by atoms with E-state index in [2.05, 4.69) is 15.6 Å². The van der Waals surface area contributed by atoms with Crippen molar-refractivity contribution in [2.45, 2.75) is 18.4 Å². The number of fused-ring (bicyclic) bond motifs is 7. The minimum absolute atomic E-state index is 0.0291. The fourth-order valence-corrected chi connectivity index (χ4v) is 6.90. The Morgan fingerprint density at radius 1 is 0.828 bits per heavy atom. The van der Waals surface area contributed by atoms with E-state index in [0.29, 0.717) is 50.5 Å². The first kappa shape index (κ1) is 37.6. The molecule has 0 bridgehead atoms. The molecule has 8 rings (SSSR count). The Morgan fingerprint density at radius 3 is 2.26 bits per heavy atom. The normalized spacial score (nSPS) is 14.6. The van der Waals surface area contributed by atoms with Gasteiger partial charge in [0.1, 0.15) is 35.4 Å². The van der Waals surface area contributed by atoms with E-state index in [1.165, 1.54) is 48.5 Å². The molecule has 17 nitrogen and oxygen atoms in total. The maximum Gasteiger partial charge on any atom is 0.513 e. The summed E-state index contributed by atoms with van der Waals surface area (Å²) in [7, 11) is 0. The zero-order valence-electron chi connectivity index (χ0n) is 30.0. The number of pyridine rings is 1. The number of aromatic nitrogens is 1. The van der Waals surface area contributed by atoms with Gasteiger partial charge >= 0.3 is 18.1 Å². The van der Waals surface area contributed by atoms with Crippen molar-refractivity contribution in [2.75, 3.05) is 31.7 Å². The van der Waals surface area contributed by atoms with Crippen LogP contribution in [0.5, 0.6) is 28.7 Å². The minimum Gasteiger partial charge on any atom is -0.508 e. The number of carbonyl (C=O) groups is 5. The summed E-state index contributed by atoms with van der Waals surface area (Å²) in [6.07, 6.45) is -1.02. The molecule has 1 fully saturated rings. The van der Waals surface area contributed by atoms with Crippen molar-refractivity contribution in [1.29, 1.82) is 0 Å². The first-order valence-corrected chi connectivity index (χ1v) is 18.1. The number of benzene rings is 4. The van der Waals surface area contributed by atoms with Crippen LogP contribution in [0.15, 0.2) is 84.9 Å². The number of thiocarbonyl (C=S) groups is 1. The van der Waals surface area contributed by atoms with Gasteiger partial charge in [0.25, 0.3) is 11.8 Å². The lowest BCUT2D eigenvalue weighted by Gasteiger charge is -2.36. The summed E-state index contributed by atoms with van der Waals surface area (Å²) in [6.45, 7) is 0.486. The third kappa shape index (κ3) is 7.24. The molecule has 4 aromatic carbocycles. The van der Waals surface area contributed by atoms with E-state index in [1.807, 2.05) is 0 Å². The SMILES string of the molecule is O=C(OCCOCCNC(=S)Nc1ccc2c(c1)C(=O)OC21c2ccc(O)cc2Oc2cc(O)ccc21)Oc1ccc2nc(C(=O)ON3C(=O)CCC3=O)ccc2c1. The van der Waals surface area contributed by atoms with E-state index in [1.54, 1.807) is 36.4 Å². The third-order valence-corrected chi connectivity index (χ3v) is 9.51. The van der Waals surface area contributed by atoms with Gasteiger partial charge in [-0.25, -0.2) is 19.4 Å². The number of hydrogen-bond acceptors (Lipinski definition) is 15. The lowest BCUT2D eigenvalue weighted by Crippen LogP contribution is -2.33. The summed E-state index contributed by atoms with van der Waals surface area (Å²) in [5, 5.41) is 27.5. The lowest BCUT2D eigenvalue weighted by molar-refractivity contribution is -0.172. The van der Waals surface area contributed by atoms with Crippen molar-refractivity contribution in [3.63, 3.8) is 0 Å². The van der Waals surface area contributed by atoms with Gasteiger partial charge in [-0.1, -0.05) is 12.1 Å². The largest absolute Gasteiger partial charge is 0.513 e. The molecule has 1 saturated heterocycles. The molecule has 294 valence electrons. The highest BCUT2D eigenvalue weighted by atomic mass is 32.1. The van der Waals surface area contributed by atoms with Crippen molar-refractivity contribution < 1.29 is 62.7 Å². The van der Waals surface area contributed by atoms with Gasteiger partial charge in [0.05, 0.1) is 24.3 Å². The predicted molar refractivity (Wildman–Crippen MR) is 203 cm³/mol. The van der Waals surface area contributed by atoms with E-state index in [9.17, 15) is 34.2 Å². The molecule has 4 N–H and O–H groups in total. The number of aromatic hydroxyl groups is 2. The van der Waals surface area contributed by atoms with Gasteiger partial charge < -0.3 is 49.4 Å². The Morgan fingerprint density at radius 2 is 1.53 bits per heavy atom. The van der Waals surface area contributed by atoms with Crippen molar-refractivity contribution in [2.24, 2.45) is 0 Å². The standard InChI is InChI=1S/C40H30N4O13S/c45-23-3-7-28-32(19-23)55-33-20-24(46)4-8-29(33)40(28)27-6-2-22(18-26(27)36(49)56-40)42-38(58)41-13-14-52-15-16-53-39(51)54-25-5-10-30-21(17-25)1-9-31(43-30)37(50)57-44-34(47)11-12-35(44)48/h1-10,17-20,45-46H,11-16H2,(H2,41,42,58). The van der Waals surface area contributed by atoms with E-state index in [-0.39, 0.29) is 72.2 Å². The molecule has 0 atom stereocenters. The Bertz CT molecular complexity index is 2490. The molecular weight excluding hydrogens is 777 g/mol. The number of imide groups is 1. The molecule has 0 radical (unpaired) electrons. The van der Waals surface area contributed by atoms with Crippen LogP contribution >= 0.6 is 12.2 Å². The van der Waals surface area contributed by atoms with Gasteiger partial charge in [0, 0.05) is 59.3 Å². The number of rotatable bonds is 10. The maximum atomic E-state index is 13.4. The van der Waals surface area contributed by atoms with Crippen molar-refractivity contribution in [3.05, 3.63) is 113 Å². The zero-order valence-corrected chi connectivity index (χ0v) is 30.8. The van der Waals surface area contributed by atoms with E-state index >= 15 is 0 Å². The fourth-order valence-electron chi connectivity index (χ4n) is 6.68. The molecule has 0 unspecified atom stereocenters. The van der Waals surface area contributed by atoms with Crippen LogP contribution < -0.4 is 20.1 Å². The summed E-state index contributed by atoms with van der Waals surface area (Å²) in [5.41, 5.74) is 1.25. The molecule has 0 saturated carbocycles. The van der Waals surface area contributed by atoms with Gasteiger partial charge in [-0.3, -0.25) is 9.59 Å². The first-order chi connectivity index (χ1) is 28.0. The number of amides is 2. The number of esters is 1. The molecule has 1 aromatic heterocycles.